The van der Waals surface area contributed by atoms with Gasteiger partial charge in [0.25, 0.3) is 5.91 Å². The summed E-state index contributed by atoms with van der Waals surface area (Å²) in [6, 6.07) is 5.78. The van der Waals surface area contributed by atoms with Crippen LogP contribution in [0.3, 0.4) is 0 Å². The summed E-state index contributed by atoms with van der Waals surface area (Å²) in [5.41, 5.74) is 0.625. The minimum absolute atomic E-state index is 0.0690. The molecule has 19 heavy (non-hydrogen) atoms. The van der Waals surface area contributed by atoms with Crippen molar-refractivity contribution in [2.24, 2.45) is 0 Å². The molecule has 1 aromatic carbocycles. The predicted molar refractivity (Wildman–Crippen MR) is 80.8 cm³/mol. The fraction of sp³-hybridized carbons (Fsp3) is 0.500. The molecule has 1 N–H and O–H groups in total. The third-order valence-electron chi connectivity index (χ3n) is 3.05. The predicted octanol–water partition coefficient (Wildman–Crippen LogP) is 2.53. The first kappa shape index (κ1) is 16.0. The van der Waals surface area contributed by atoms with Crippen LogP contribution in [0.25, 0.3) is 0 Å². The molecule has 0 radical (unpaired) electrons. The Balaban J connectivity index is 2.52. The largest absolute Gasteiger partial charge is 0.496 e. The zero-order chi connectivity index (χ0) is 14.4. The lowest BCUT2D eigenvalue weighted by atomic mass is 10.2. The van der Waals surface area contributed by atoms with E-state index in [1.807, 2.05) is 7.05 Å². The van der Waals surface area contributed by atoms with Gasteiger partial charge in [-0.15, -0.1) is 0 Å². The maximum Gasteiger partial charge on any atom is 0.251 e. The number of nitrogens with zero attached hydrogens (tertiary/aromatic N) is 1. The first-order valence-corrected chi connectivity index (χ1v) is 7.07. The Labute approximate surface area is 123 Å². The van der Waals surface area contributed by atoms with Crippen LogP contribution in [0.1, 0.15) is 24.2 Å². The number of nitrogens with one attached hydrogen (secondary N) is 1. The number of likely N-dealkylation sites (N-methyl/N-ethyl adjacent to an activating group) is 1. The fourth-order valence-electron chi connectivity index (χ4n) is 1.51. The third kappa shape index (κ3) is 4.84. The average Bonchev–Trinajstić information content (AvgIpc) is 2.38. The topological polar surface area (TPSA) is 41.6 Å². The third-order valence-corrected chi connectivity index (χ3v) is 3.67. The molecule has 0 aromatic heterocycles. The van der Waals surface area contributed by atoms with Gasteiger partial charge in [0, 0.05) is 24.7 Å². The Morgan fingerprint density at radius 2 is 2.16 bits per heavy atom. The van der Waals surface area contributed by atoms with E-state index in [9.17, 15) is 4.79 Å². The summed E-state index contributed by atoms with van der Waals surface area (Å²) in [5.74, 6) is 0.650. The van der Waals surface area contributed by atoms with Gasteiger partial charge in [0.1, 0.15) is 5.75 Å². The molecule has 0 bridgehead atoms. The maximum atomic E-state index is 12.0. The smallest absolute Gasteiger partial charge is 0.251 e. The van der Waals surface area contributed by atoms with Gasteiger partial charge >= 0.3 is 0 Å². The summed E-state index contributed by atoms with van der Waals surface area (Å²) in [4.78, 5) is 14.1. The van der Waals surface area contributed by atoms with Crippen LogP contribution in [-0.2, 0) is 0 Å². The first-order valence-electron chi connectivity index (χ1n) is 6.27. The molecule has 0 aliphatic rings. The van der Waals surface area contributed by atoms with Crippen molar-refractivity contribution in [1.29, 1.82) is 0 Å². The van der Waals surface area contributed by atoms with Gasteiger partial charge in [-0.2, -0.15) is 0 Å². The lowest BCUT2D eigenvalue weighted by Crippen LogP contribution is -2.36. The van der Waals surface area contributed by atoms with Crippen molar-refractivity contribution in [1.82, 2.24) is 10.2 Å². The molecule has 0 unspecified atom stereocenters. The molecular weight excluding hydrogens is 308 g/mol. The van der Waals surface area contributed by atoms with Gasteiger partial charge in [0.15, 0.2) is 0 Å². The van der Waals surface area contributed by atoms with E-state index in [4.69, 9.17) is 4.74 Å². The van der Waals surface area contributed by atoms with Crippen LogP contribution in [0.2, 0.25) is 0 Å². The van der Waals surface area contributed by atoms with Gasteiger partial charge < -0.3 is 15.0 Å². The van der Waals surface area contributed by atoms with E-state index in [0.29, 0.717) is 18.2 Å². The fourth-order valence-corrected chi connectivity index (χ4v) is 2.05. The van der Waals surface area contributed by atoms with E-state index in [-0.39, 0.29) is 5.91 Å². The number of hydrogen-bond acceptors (Lipinski definition) is 3. The summed E-state index contributed by atoms with van der Waals surface area (Å²) in [6.07, 6.45) is 0. The molecule has 0 heterocycles. The van der Waals surface area contributed by atoms with Gasteiger partial charge in [-0.3, -0.25) is 4.79 Å². The molecule has 0 atom stereocenters. The van der Waals surface area contributed by atoms with Gasteiger partial charge in [0.2, 0.25) is 0 Å². The van der Waals surface area contributed by atoms with E-state index in [0.717, 1.165) is 16.8 Å². The Bertz CT molecular complexity index is 435. The number of rotatable bonds is 6. The Hall–Kier alpha value is -1.07. The van der Waals surface area contributed by atoms with E-state index in [2.05, 4.69) is 40.0 Å². The van der Waals surface area contributed by atoms with Crippen molar-refractivity contribution < 1.29 is 9.53 Å². The Morgan fingerprint density at radius 3 is 2.68 bits per heavy atom. The minimum atomic E-state index is -0.0690. The maximum absolute atomic E-state index is 12.0. The van der Waals surface area contributed by atoms with E-state index >= 15 is 0 Å². The van der Waals surface area contributed by atoms with Crippen LogP contribution in [0.15, 0.2) is 22.7 Å². The first-order chi connectivity index (χ1) is 8.95. The Kier molecular flexibility index (Phi) is 6.31. The number of amides is 1. The van der Waals surface area contributed by atoms with E-state index < -0.39 is 0 Å². The summed E-state index contributed by atoms with van der Waals surface area (Å²) >= 11 is 3.37. The highest BCUT2D eigenvalue weighted by Crippen LogP contribution is 2.25. The molecule has 4 nitrogen and oxygen atoms in total. The second kappa shape index (κ2) is 7.50. The zero-order valence-corrected chi connectivity index (χ0v) is 13.5. The Morgan fingerprint density at radius 1 is 1.47 bits per heavy atom. The highest BCUT2D eigenvalue weighted by atomic mass is 79.9. The van der Waals surface area contributed by atoms with Gasteiger partial charge in [-0.05, 0) is 55.0 Å². The van der Waals surface area contributed by atoms with Gasteiger partial charge in [-0.1, -0.05) is 0 Å². The number of methoxy groups -OCH3 is 1. The van der Waals surface area contributed by atoms with Crippen LogP contribution in [0, 0.1) is 0 Å². The molecule has 1 aromatic rings. The van der Waals surface area contributed by atoms with Crippen LogP contribution < -0.4 is 10.1 Å². The second-order valence-corrected chi connectivity index (χ2v) is 5.53. The zero-order valence-electron chi connectivity index (χ0n) is 11.9. The lowest BCUT2D eigenvalue weighted by Gasteiger charge is -2.20. The monoisotopic (exact) mass is 328 g/mol. The van der Waals surface area contributed by atoms with E-state index in [1.165, 1.54) is 0 Å². The quantitative estimate of drug-likeness (QED) is 0.872. The number of carbonyl (C=O) groups is 1. The van der Waals surface area contributed by atoms with Crippen LogP contribution in [0.5, 0.6) is 5.75 Å². The van der Waals surface area contributed by atoms with Gasteiger partial charge in [0.05, 0.1) is 11.6 Å². The van der Waals surface area contributed by atoms with Crippen molar-refractivity contribution in [2.45, 2.75) is 19.9 Å². The number of benzene rings is 1. The normalized spacial score (nSPS) is 10.9. The van der Waals surface area contributed by atoms with Gasteiger partial charge in [-0.25, -0.2) is 0 Å². The van der Waals surface area contributed by atoms with Crippen molar-refractivity contribution in [2.75, 3.05) is 27.2 Å². The molecule has 0 spiro atoms. The molecule has 0 aliphatic heterocycles. The number of carbonyl (C=O) groups excluding carboxylic acids is 1. The van der Waals surface area contributed by atoms with Crippen molar-refractivity contribution in [3.8, 4) is 5.75 Å². The highest BCUT2D eigenvalue weighted by Gasteiger charge is 2.09. The highest BCUT2D eigenvalue weighted by molar-refractivity contribution is 9.10. The molecule has 1 rings (SSSR count). The average molecular weight is 329 g/mol. The SMILES string of the molecule is COc1ccc(C(=O)NCCN(C)C(C)C)cc1Br. The molecule has 0 saturated heterocycles. The van der Waals surface area contributed by atoms with Crippen molar-refractivity contribution >= 4 is 21.8 Å². The summed E-state index contributed by atoms with van der Waals surface area (Å²) < 4.78 is 5.91. The summed E-state index contributed by atoms with van der Waals surface area (Å²) in [6.45, 7) is 5.72. The number of ether oxygens (including phenoxy) is 1. The standard InChI is InChI=1S/C14H21BrN2O2/c1-10(2)17(3)8-7-16-14(18)11-5-6-13(19-4)12(15)9-11/h5-6,9-10H,7-8H2,1-4H3,(H,16,18). The van der Waals surface area contributed by atoms with Crippen LogP contribution in [-0.4, -0.2) is 44.1 Å². The van der Waals surface area contributed by atoms with Crippen LogP contribution in [0.4, 0.5) is 0 Å². The molecule has 0 aliphatic carbocycles. The lowest BCUT2D eigenvalue weighted by molar-refractivity contribution is 0.0948. The molecule has 1 amide bonds. The second-order valence-electron chi connectivity index (χ2n) is 4.68. The van der Waals surface area contributed by atoms with Crippen LogP contribution >= 0.6 is 15.9 Å². The van der Waals surface area contributed by atoms with Crippen molar-refractivity contribution in [3.63, 3.8) is 0 Å². The molecule has 106 valence electrons. The molecule has 5 heteroatoms. The number of halogens is 1. The van der Waals surface area contributed by atoms with Crippen molar-refractivity contribution in [3.05, 3.63) is 28.2 Å². The molecule has 0 fully saturated rings. The molecule has 0 saturated carbocycles. The molecular formula is C14H21BrN2O2. The van der Waals surface area contributed by atoms with E-state index in [1.54, 1.807) is 25.3 Å². The number of hydrogen-bond donors (Lipinski definition) is 1. The summed E-state index contributed by atoms with van der Waals surface area (Å²) in [5, 5.41) is 2.91. The minimum Gasteiger partial charge on any atom is -0.496 e. The summed E-state index contributed by atoms with van der Waals surface area (Å²) in [7, 11) is 3.64.